The highest BCUT2D eigenvalue weighted by Crippen LogP contribution is 2.25. The first-order chi connectivity index (χ1) is 10.7. The van der Waals surface area contributed by atoms with Gasteiger partial charge in [-0.2, -0.15) is 0 Å². The highest BCUT2D eigenvalue weighted by molar-refractivity contribution is 6.01. The van der Waals surface area contributed by atoms with E-state index in [-0.39, 0.29) is 11.1 Å². The fourth-order valence-electron chi connectivity index (χ4n) is 2.83. The van der Waals surface area contributed by atoms with Crippen LogP contribution in [0.4, 0.5) is 0 Å². The molecule has 0 aromatic heterocycles. The van der Waals surface area contributed by atoms with Gasteiger partial charge in [-0.15, -0.1) is 0 Å². The summed E-state index contributed by atoms with van der Waals surface area (Å²) < 4.78 is 0. The van der Waals surface area contributed by atoms with Crippen LogP contribution < -0.4 is 0 Å². The number of carboxylic acids is 2. The molecule has 0 aliphatic heterocycles. The maximum Gasteiger partial charge on any atom is 0.336 e. The monoisotopic (exact) mass is 312 g/mol. The van der Waals surface area contributed by atoms with Gasteiger partial charge < -0.3 is 10.2 Å². The third-order valence-electron chi connectivity index (χ3n) is 4.45. The van der Waals surface area contributed by atoms with Crippen LogP contribution in [-0.4, -0.2) is 22.2 Å². The SMILES string of the molecule is Cc1cc(C)c(C)c(Cc2ccc(C(=O)O)c(C(=O)O)c2)c1C. The number of carbonyl (C=O) groups is 2. The van der Waals surface area contributed by atoms with Crippen molar-refractivity contribution in [3.63, 3.8) is 0 Å². The Morgan fingerprint density at radius 3 is 1.83 bits per heavy atom. The first kappa shape index (κ1) is 16.7. The van der Waals surface area contributed by atoms with E-state index in [9.17, 15) is 14.7 Å². The minimum absolute atomic E-state index is 0.172. The molecular weight excluding hydrogens is 292 g/mol. The van der Waals surface area contributed by atoms with Crippen LogP contribution in [0.3, 0.4) is 0 Å². The van der Waals surface area contributed by atoms with Gasteiger partial charge in [0.15, 0.2) is 0 Å². The summed E-state index contributed by atoms with van der Waals surface area (Å²) in [4.78, 5) is 22.4. The molecule has 0 saturated heterocycles. The largest absolute Gasteiger partial charge is 0.478 e. The lowest BCUT2D eigenvalue weighted by atomic mass is 9.89. The molecule has 0 aliphatic rings. The zero-order valence-corrected chi connectivity index (χ0v) is 13.7. The van der Waals surface area contributed by atoms with E-state index >= 15 is 0 Å². The Morgan fingerprint density at radius 1 is 0.826 bits per heavy atom. The minimum Gasteiger partial charge on any atom is -0.478 e. The van der Waals surface area contributed by atoms with Crippen molar-refractivity contribution in [1.82, 2.24) is 0 Å². The Balaban J connectivity index is 2.52. The Hall–Kier alpha value is -2.62. The van der Waals surface area contributed by atoms with Crippen molar-refractivity contribution in [1.29, 1.82) is 0 Å². The molecule has 0 spiro atoms. The van der Waals surface area contributed by atoms with Crippen LogP contribution >= 0.6 is 0 Å². The van der Waals surface area contributed by atoms with Gasteiger partial charge in [-0.3, -0.25) is 0 Å². The van der Waals surface area contributed by atoms with Crippen molar-refractivity contribution in [2.24, 2.45) is 0 Å². The zero-order chi connectivity index (χ0) is 17.3. The van der Waals surface area contributed by atoms with E-state index in [0.717, 1.165) is 5.56 Å². The molecule has 120 valence electrons. The van der Waals surface area contributed by atoms with Crippen LogP contribution in [0.1, 0.15) is 54.1 Å². The van der Waals surface area contributed by atoms with Crippen LogP contribution in [0.5, 0.6) is 0 Å². The topological polar surface area (TPSA) is 74.6 Å². The fraction of sp³-hybridized carbons (Fsp3) is 0.263. The molecule has 2 aromatic rings. The molecule has 0 bridgehead atoms. The maximum atomic E-state index is 11.3. The molecule has 0 amide bonds. The fourth-order valence-corrected chi connectivity index (χ4v) is 2.83. The summed E-state index contributed by atoms with van der Waals surface area (Å²) in [5, 5.41) is 18.3. The Kier molecular flexibility index (Phi) is 4.55. The molecule has 0 saturated carbocycles. The second kappa shape index (κ2) is 6.24. The summed E-state index contributed by atoms with van der Waals surface area (Å²) in [7, 11) is 0. The molecule has 23 heavy (non-hydrogen) atoms. The van der Waals surface area contributed by atoms with E-state index in [2.05, 4.69) is 33.8 Å². The minimum atomic E-state index is -1.23. The first-order valence-corrected chi connectivity index (χ1v) is 7.38. The second-order valence-electron chi connectivity index (χ2n) is 5.91. The molecule has 0 aliphatic carbocycles. The van der Waals surface area contributed by atoms with Gasteiger partial charge in [-0.05, 0) is 79.6 Å². The molecule has 2 rings (SSSR count). The zero-order valence-electron chi connectivity index (χ0n) is 13.7. The van der Waals surface area contributed by atoms with Gasteiger partial charge in [0.25, 0.3) is 0 Å². The van der Waals surface area contributed by atoms with Crippen molar-refractivity contribution >= 4 is 11.9 Å². The summed E-state index contributed by atoms with van der Waals surface area (Å²) in [6.45, 7) is 8.23. The van der Waals surface area contributed by atoms with Crippen molar-refractivity contribution in [2.75, 3.05) is 0 Å². The normalized spacial score (nSPS) is 10.6. The quantitative estimate of drug-likeness (QED) is 0.897. The van der Waals surface area contributed by atoms with E-state index in [1.807, 2.05) is 0 Å². The predicted octanol–water partition coefficient (Wildman–Crippen LogP) is 3.91. The molecular formula is C19H20O4. The summed E-state index contributed by atoms with van der Waals surface area (Å²) in [5.74, 6) is -2.45. The number of aryl methyl sites for hydroxylation is 2. The number of hydrogen-bond acceptors (Lipinski definition) is 2. The molecule has 0 radical (unpaired) electrons. The van der Waals surface area contributed by atoms with Crippen LogP contribution in [0.2, 0.25) is 0 Å². The van der Waals surface area contributed by atoms with Gasteiger partial charge in [0.2, 0.25) is 0 Å². The highest BCUT2D eigenvalue weighted by Gasteiger charge is 2.17. The third kappa shape index (κ3) is 3.26. The highest BCUT2D eigenvalue weighted by atomic mass is 16.4. The number of aromatic carboxylic acids is 2. The van der Waals surface area contributed by atoms with Gasteiger partial charge in [0.1, 0.15) is 0 Å². The Bertz CT molecular complexity index is 777. The number of benzene rings is 2. The standard InChI is InChI=1S/C19H20O4/c1-10-7-11(2)13(4)16(12(10)3)8-14-5-6-15(18(20)21)17(9-14)19(22)23/h5-7,9H,8H2,1-4H3,(H,20,21)(H,22,23). The molecule has 4 nitrogen and oxygen atoms in total. The molecule has 0 atom stereocenters. The summed E-state index contributed by atoms with van der Waals surface area (Å²) in [6.07, 6.45) is 0.584. The second-order valence-corrected chi connectivity index (χ2v) is 5.91. The molecule has 2 N–H and O–H groups in total. The van der Waals surface area contributed by atoms with E-state index in [1.165, 1.54) is 39.9 Å². The van der Waals surface area contributed by atoms with Crippen molar-refractivity contribution < 1.29 is 19.8 Å². The van der Waals surface area contributed by atoms with Gasteiger partial charge >= 0.3 is 11.9 Å². The van der Waals surface area contributed by atoms with Gasteiger partial charge in [-0.1, -0.05) is 12.1 Å². The van der Waals surface area contributed by atoms with Crippen molar-refractivity contribution in [3.05, 3.63) is 68.8 Å². The van der Waals surface area contributed by atoms with Crippen molar-refractivity contribution in [2.45, 2.75) is 34.1 Å². The van der Waals surface area contributed by atoms with E-state index in [4.69, 9.17) is 5.11 Å². The van der Waals surface area contributed by atoms with Gasteiger partial charge in [-0.25, -0.2) is 9.59 Å². The van der Waals surface area contributed by atoms with Crippen LogP contribution in [-0.2, 0) is 6.42 Å². The maximum absolute atomic E-state index is 11.3. The molecule has 0 unspecified atom stereocenters. The lowest BCUT2D eigenvalue weighted by Crippen LogP contribution is -2.09. The van der Waals surface area contributed by atoms with Crippen LogP contribution in [0.15, 0.2) is 24.3 Å². The van der Waals surface area contributed by atoms with Crippen LogP contribution in [0.25, 0.3) is 0 Å². The first-order valence-electron chi connectivity index (χ1n) is 7.38. The van der Waals surface area contributed by atoms with Gasteiger partial charge in [0, 0.05) is 0 Å². The number of rotatable bonds is 4. The molecule has 0 heterocycles. The van der Waals surface area contributed by atoms with E-state index in [0.29, 0.717) is 6.42 Å². The summed E-state index contributed by atoms with van der Waals surface area (Å²) >= 11 is 0. The summed E-state index contributed by atoms with van der Waals surface area (Å²) in [5.41, 5.74) is 6.38. The number of hydrogen-bond donors (Lipinski definition) is 2. The molecule has 0 fully saturated rings. The van der Waals surface area contributed by atoms with Gasteiger partial charge in [0.05, 0.1) is 11.1 Å². The molecule has 4 heteroatoms. The lowest BCUT2D eigenvalue weighted by Gasteiger charge is -2.16. The smallest absolute Gasteiger partial charge is 0.336 e. The lowest BCUT2D eigenvalue weighted by molar-refractivity contribution is 0.0651. The average Bonchev–Trinajstić information content (AvgIpc) is 2.49. The van der Waals surface area contributed by atoms with Crippen LogP contribution in [0, 0.1) is 27.7 Å². The molecule has 2 aromatic carbocycles. The Labute approximate surface area is 135 Å². The number of carboxylic acid groups (broad SMARTS) is 2. The van der Waals surface area contributed by atoms with E-state index < -0.39 is 11.9 Å². The van der Waals surface area contributed by atoms with Crippen molar-refractivity contribution in [3.8, 4) is 0 Å². The third-order valence-corrected chi connectivity index (χ3v) is 4.45. The van der Waals surface area contributed by atoms with E-state index in [1.54, 1.807) is 6.07 Å². The summed E-state index contributed by atoms with van der Waals surface area (Å²) in [6, 6.07) is 6.66. The Morgan fingerprint density at radius 2 is 1.35 bits per heavy atom. The average molecular weight is 312 g/mol. The predicted molar refractivity (Wildman–Crippen MR) is 88.6 cm³/mol.